The van der Waals surface area contributed by atoms with Crippen LogP contribution in [0, 0.1) is 13.8 Å². The van der Waals surface area contributed by atoms with Crippen LogP contribution in [0.5, 0.6) is 0 Å². The van der Waals surface area contributed by atoms with Gasteiger partial charge in [-0.1, -0.05) is 6.07 Å². The Morgan fingerprint density at radius 1 is 1.24 bits per heavy atom. The third-order valence-electron chi connectivity index (χ3n) is 2.99. The maximum atomic E-state index is 12.5. The lowest BCUT2D eigenvalue weighted by atomic mass is 10.2. The molecule has 3 N–H and O–H groups in total. The molecule has 0 aliphatic heterocycles. The SMILES string of the molecule is Cc1ccc(NS(=O)(=O)c2cc(CN)ccc2Br)c(C)n1. The third-order valence-corrected chi connectivity index (χ3v) is 5.35. The Kier molecular flexibility index (Phi) is 4.65. The summed E-state index contributed by atoms with van der Waals surface area (Å²) >= 11 is 3.26. The first-order valence-electron chi connectivity index (χ1n) is 6.29. The molecule has 112 valence electrons. The number of nitrogens with zero attached hydrogens (tertiary/aromatic N) is 1. The van der Waals surface area contributed by atoms with Gasteiger partial charge < -0.3 is 5.73 Å². The molecule has 2 aromatic rings. The molecule has 0 aliphatic rings. The Balaban J connectivity index is 2.43. The van der Waals surface area contributed by atoms with Crippen LogP contribution in [0.1, 0.15) is 17.0 Å². The van der Waals surface area contributed by atoms with E-state index >= 15 is 0 Å². The molecule has 1 aromatic heterocycles. The maximum Gasteiger partial charge on any atom is 0.263 e. The lowest BCUT2D eigenvalue weighted by Crippen LogP contribution is -2.15. The van der Waals surface area contributed by atoms with Crippen LogP contribution in [0.3, 0.4) is 0 Å². The zero-order valence-corrected chi connectivity index (χ0v) is 14.1. The monoisotopic (exact) mass is 369 g/mol. The molecule has 0 saturated heterocycles. The largest absolute Gasteiger partial charge is 0.326 e. The summed E-state index contributed by atoms with van der Waals surface area (Å²) in [7, 11) is -3.70. The van der Waals surface area contributed by atoms with Crippen molar-refractivity contribution in [1.82, 2.24) is 4.98 Å². The molecule has 0 atom stereocenters. The highest BCUT2D eigenvalue weighted by atomic mass is 79.9. The van der Waals surface area contributed by atoms with E-state index in [0.29, 0.717) is 15.9 Å². The second kappa shape index (κ2) is 6.13. The van der Waals surface area contributed by atoms with Gasteiger partial charge in [0.25, 0.3) is 10.0 Å². The highest BCUT2D eigenvalue weighted by Gasteiger charge is 2.19. The van der Waals surface area contributed by atoms with Gasteiger partial charge >= 0.3 is 0 Å². The van der Waals surface area contributed by atoms with Crippen molar-refractivity contribution in [2.45, 2.75) is 25.3 Å². The fraction of sp³-hybridized carbons (Fsp3) is 0.214. The van der Waals surface area contributed by atoms with E-state index in [1.54, 1.807) is 37.3 Å². The number of hydrogen-bond donors (Lipinski definition) is 2. The fourth-order valence-electron chi connectivity index (χ4n) is 1.87. The van der Waals surface area contributed by atoms with E-state index in [-0.39, 0.29) is 11.4 Å². The Labute approximate surface area is 132 Å². The topological polar surface area (TPSA) is 85.1 Å². The highest BCUT2D eigenvalue weighted by Crippen LogP contribution is 2.26. The number of nitrogens with two attached hydrogens (primary N) is 1. The predicted octanol–water partition coefficient (Wildman–Crippen LogP) is 2.72. The van der Waals surface area contributed by atoms with Gasteiger partial charge in [-0.25, -0.2) is 8.42 Å². The summed E-state index contributed by atoms with van der Waals surface area (Å²) in [6, 6.07) is 8.48. The molecule has 5 nitrogen and oxygen atoms in total. The second-order valence-corrected chi connectivity index (χ2v) is 7.17. The van der Waals surface area contributed by atoms with Crippen LogP contribution in [0.15, 0.2) is 39.7 Å². The number of rotatable bonds is 4. The molecular formula is C14H16BrN3O2S. The number of hydrogen-bond acceptors (Lipinski definition) is 4. The minimum Gasteiger partial charge on any atom is -0.326 e. The molecule has 1 aromatic carbocycles. The van der Waals surface area contributed by atoms with Gasteiger partial charge in [0.2, 0.25) is 0 Å². The highest BCUT2D eigenvalue weighted by molar-refractivity contribution is 9.10. The van der Waals surface area contributed by atoms with Gasteiger partial charge in [0.15, 0.2) is 0 Å². The van der Waals surface area contributed by atoms with E-state index < -0.39 is 10.0 Å². The quantitative estimate of drug-likeness (QED) is 0.867. The number of aromatic nitrogens is 1. The molecule has 0 amide bonds. The van der Waals surface area contributed by atoms with Gasteiger partial charge in [0, 0.05) is 16.7 Å². The number of pyridine rings is 1. The van der Waals surface area contributed by atoms with E-state index in [9.17, 15) is 8.42 Å². The number of anilines is 1. The van der Waals surface area contributed by atoms with Crippen LogP contribution in [0.25, 0.3) is 0 Å². The first-order valence-corrected chi connectivity index (χ1v) is 8.56. The predicted molar refractivity (Wildman–Crippen MR) is 86.6 cm³/mol. The number of aryl methyl sites for hydroxylation is 2. The van der Waals surface area contributed by atoms with Gasteiger partial charge in [-0.2, -0.15) is 0 Å². The molecule has 21 heavy (non-hydrogen) atoms. The van der Waals surface area contributed by atoms with Crippen LogP contribution in [0.4, 0.5) is 5.69 Å². The summed E-state index contributed by atoms with van der Waals surface area (Å²) in [5, 5.41) is 0. The minimum absolute atomic E-state index is 0.158. The van der Waals surface area contributed by atoms with Gasteiger partial charge in [-0.15, -0.1) is 0 Å². The number of sulfonamides is 1. The van der Waals surface area contributed by atoms with Crippen molar-refractivity contribution < 1.29 is 8.42 Å². The molecule has 0 fully saturated rings. The number of halogens is 1. The standard InChI is InChI=1S/C14H16BrN3O2S/c1-9-3-6-13(10(2)17-9)18-21(19,20)14-7-11(8-16)4-5-12(14)15/h3-7,18H,8,16H2,1-2H3. The summed E-state index contributed by atoms with van der Waals surface area (Å²) in [6.45, 7) is 3.89. The second-order valence-electron chi connectivity index (χ2n) is 4.66. The van der Waals surface area contributed by atoms with E-state index in [0.717, 1.165) is 11.3 Å². The third kappa shape index (κ3) is 3.61. The zero-order valence-electron chi connectivity index (χ0n) is 11.7. The van der Waals surface area contributed by atoms with Crippen molar-refractivity contribution in [2.24, 2.45) is 5.73 Å². The average molecular weight is 370 g/mol. The molecule has 0 aliphatic carbocycles. The lowest BCUT2D eigenvalue weighted by molar-refractivity contribution is 0.600. The molecular weight excluding hydrogens is 354 g/mol. The van der Waals surface area contributed by atoms with Crippen molar-refractivity contribution in [3.8, 4) is 0 Å². The van der Waals surface area contributed by atoms with Crippen LogP contribution in [-0.4, -0.2) is 13.4 Å². The molecule has 0 radical (unpaired) electrons. The Morgan fingerprint density at radius 2 is 1.95 bits per heavy atom. The van der Waals surface area contributed by atoms with Gasteiger partial charge in [0.1, 0.15) is 4.90 Å². The van der Waals surface area contributed by atoms with Gasteiger partial charge in [-0.05, 0) is 59.6 Å². The smallest absolute Gasteiger partial charge is 0.263 e. The molecule has 0 saturated carbocycles. The van der Waals surface area contributed by atoms with Crippen molar-refractivity contribution in [1.29, 1.82) is 0 Å². The van der Waals surface area contributed by atoms with Crippen LogP contribution < -0.4 is 10.5 Å². The summed E-state index contributed by atoms with van der Waals surface area (Å²) in [5.41, 5.74) is 8.24. The van der Waals surface area contributed by atoms with E-state index in [4.69, 9.17) is 5.73 Å². The Morgan fingerprint density at radius 3 is 2.57 bits per heavy atom. The van der Waals surface area contributed by atoms with Crippen molar-refractivity contribution >= 4 is 31.6 Å². The first-order chi connectivity index (χ1) is 9.83. The Bertz CT molecular complexity index is 776. The molecule has 0 unspecified atom stereocenters. The molecule has 1 heterocycles. The minimum atomic E-state index is -3.70. The first kappa shape index (κ1) is 15.9. The molecule has 2 rings (SSSR count). The van der Waals surface area contributed by atoms with Crippen LogP contribution in [0.2, 0.25) is 0 Å². The maximum absolute atomic E-state index is 12.5. The average Bonchev–Trinajstić information content (AvgIpc) is 2.42. The Hall–Kier alpha value is -1.44. The summed E-state index contributed by atoms with van der Waals surface area (Å²) in [5.74, 6) is 0. The van der Waals surface area contributed by atoms with Crippen molar-refractivity contribution in [3.05, 3.63) is 51.8 Å². The summed E-state index contributed by atoms with van der Waals surface area (Å²) < 4.78 is 28.1. The van der Waals surface area contributed by atoms with Crippen LogP contribution in [-0.2, 0) is 16.6 Å². The molecule has 7 heteroatoms. The molecule has 0 bridgehead atoms. The van der Waals surface area contributed by atoms with Crippen molar-refractivity contribution in [2.75, 3.05) is 4.72 Å². The number of benzene rings is 1. The van der Waals surface area contributed by atoms with E-state index in [1.165, 1.54) is 0 Å². The zero-order chi connectivity index (χ0) is 15.6. The fourth-order valence-corrected chi connectivity index (χ4v) is 4.01. The summed E-state index contributed by atoms with van der Waals surface area (Å²) in [4.78, 5) is 4.41. The van der Waals surface area contributed by atoms with Gasteiger partial charge in [-0.3, -0.25) is 9.71 Å². The number of nitrogens with one attached hydrogen (secondary N) is 1. The van der Waals surface area contributed by atoms with E-state index in [2.05, 4.69) is 25.6 Å². The normalized spacial score (nSPS) is 11.4. The molecule has 0 spiro atoms. The lowest BCUT2D eigenvalue weighted by Gasteiger charge is -2.12. The van der Waals surface area contributed by atoms with Crippen molar-refractivity contribution in [3.63, 3.8) is 0 Å². The van der Waals surface area contributed by atoms with Crippen LogP contribution >= 0.6 is 15.9 Å². The van der Waals surface area contributed by atoms with E-state index in [1.807, 2.05) is 6.92 Å². The van der Waals surface area contributed by atoms with Gasteiger partial charge in [0.05, 0.1) is 11.4 Å². The summed E-state index contributed by atoms with van der Waals surface area (Å²) in [6.07, 6.45) is 0.